The monoisotopic (exact) mass is 249 g/mol. The van der Waals surface area contributed by atoms with E-state index in [1.807, 2.05) is 12.1 Å². The molecule has 1 rings (SSSR count). The van der Waals surface area contributed by atoms with E-state index in [2.05, 4.69) is 52.5 Å². The number of aromatic hydroxyl groups is 1. The van der Waals surface area contributed by atoms with Crippen LogP contribution in [-0.2, 0) is 0 Å². The van der Waals surface area contributed by atoms with Gasteiger partial charge in [0, 0.05) is 23.7 Å². The fourth-order valence-corrected chi connectivity index (χ4v) is 2.85. The maximum atomic E-state index is 10.1. The molecule has 0 spiro atoms. The number of phenolic OH excluding ortho intramolecular Hbond substituents is 1. The van der Waals surface area contributed by atoms with E-state index in [-0.39, 0.29) is 6.04 Å². The molecule has 1 atom stereocenters. The van der Waals surface area contributed by atoms with Gasteiger partial charge < -0.3 is 5.11 Å². The maximum Gasteiger partial charge on any atom is 0.120 e. The van der Waals surface area contributed by atoms with Crippen LogP contribution in [0.2, 0.25) is 0 Å². The molecule has 1 aromatic carbocycles. The highest BCUT2D eigenvalue weighted by atomic mass is 16.3. The van der Waals surface area contributed by atoms with Gasteiger partial charge in [-0.25, -0.2) is 0 Å². The molecule has 2 nitrogen and oxygen atoms in total. The fourth-order valence-electron chi connectivity index (χ4n) is 2.85. The van der Waals surface area contributed by atoms with Crippen LogP contribution in [0.25, 0.3) is 0 Å². The van der Waals surface area contributed by atoms with Crippen LogP contribution in [0.5, 0.6) is 5.75 Å². The van der Waals surface area contributed by atoms with Crippen LogP contribution in [0.1, 0.15) is 58.2 Å². The first-order chi connectivity index (χ1) is 8.38. The summed E-state index contributed by atoms with van der Waals surface area (Å²) in [5.41, 5.74) is 2.26. The van der Waals surface area contributed by atoms with Crippen molar-refractivity contribution in [3.63, 3.8) is 0 Å². The minimum Gasteiger partial charge on any atom is -0.508 e. The Bertz CT molecular complexity index is 377. The quantitative estimate of drug-likeness (QED) is 0.842. The Labute approximate surface area is 112 Å². The summed E-state index contributed by atoms with van der Waals surface area (Å²) in [5, 5.41) is 10.1. The average Bonchev–Trinajstić information content (AvgIpc) is 2.28. The molecule has 18 heavy (non-hydrogen) atoms. The van der Waals surface area contributed by atoms with Crippen LogP contribution in [0, 0.1) is 6.92 Å². The van der Waals surface area contributed by atoms with Gasteiger partial charge in [-0.05, 0) is 47.1 Å². The van der Waals surface area contributed by atoms with Gasteiger partial charge in [0.25, 0.3) is 0 Å². The van der Waals surface area contributed by atoms with Crippen molar-refractivity contribution in [1.29, 1.82) is 0 Å². The Hall–Kier alpha value is -1.02. The Morgan fingerprint density at radius 1 is 1.11 bits per heavy atom. The SMILES string of the molecule is CCC(c1cc(C)ccc1O)N(C(C)C)C(C)C. The van der Waals surface area contributed by atoms with Crippen molar-refractivity contribution in [3.8, 4) is 5.75 Å². The van der Waals surface area contributed by atoms with E-state index in [0.29, 0.717) is 17.8 Å². The number of nitrogens with zero attached hydrogens (tertiary/aromatic N) is 1. The molecule has 2 heteroatoms. The van der Waals surface area contributed by atoms with Gasteiger partial charge >= 0.3 is 0 Å². The molecule has 0 aliphatic heterocycles. The van der Waals surface area contributed by atoms with Crippen LogP contribution in [0.4, 0.5) is 0 Å². The van der Waals surface area contributed by atoms with Crippen LogP contribution < -0.4 is 0 Å². The number of hydrogen-bond acceptors (Lipinski definition) is 2. The van der Waals surface area contributed by atoms with E-state index in [0.717, 1.165) is 12.0 Å². The van der Waals surface area contributed by atoms with E-state index >= 15 is 0 Å². The first kappa shape index (κ1) is 15.0. The first-order valence-electron chi connectivity index (χ1n) is 6.95. The minimum absolute atomic E-state index is 0.282. The predicted octanol–water partition coefficient (Wildman–Crippen LogP) is 4.27. The molecule has 0 aromatic heterocycles. The van der Waals surface area contributed by atoms with E-state index in [9.17, 15) is 5.11 Å². The molecular formula is C16H27NO. The third-order valence-electron chi connectivity index (χ3n) is 3.48. The van der Waals surface area contributed by atoms with Crippen molar-refractivity contribution in [1.82, 2.24) is 4.90 Å². The summed E-state index contributed by atoms with van der Waals surface area (Å²) in [6, 6.07) is 7.10. The standard InChI is InChI=1S/C16H27NO/c1-7-15(17(11(2)3)12(4)5)14-10-13(6)8-9-16(14)18/h8-12,15,18H,7H2,1-6H3. The highest BCUT2D eigenvalue weighted by Gasteiger charge is 2.25. The molecule has 102 valence electrons. The van der Waals surface area contributed by atoms with E-state index in [4.69, 9.17) is 0 Å². The summed E-state index contributed by atoms with van der Waals surface area (Å²) >= 11 is 0. The van der Waals surface area contributed by atoms with E-state index in [1.54, 1.807) is 0 Å². The Morgan fingerprint density at radius 2 is 1.67 bits per heavy atom. The van der Waals surface area contributed by atoms with Crippen molar-refractivity contribution < 1.29 is 5.11 Å². The molecule has 0 amide bonds. The van der Waals surface area contributed by atoms with Gasteiger partial charge in [-0.15, -0.1) is 0 Å². The largest absolute Gasteiger partial charge is 0.508 e. The third kappa shape index (κ3) is 3.26. The average molecular weight is 249 g/mol. The molecule has 1 aromatic rings. The van der Waals surface area contributed by atoms with E-state index in [1.165, 1.54) is 5.56 Å². The Balaban J connectivity index is 3.18. The zero-order valence-electron chi connectivity index (χ0n) is 12.6. The summed E-state index contributed by atoms with van der Waals surface area (Å²) < 4.78 is 0. The third-order valence-corrected chi connectivity index (χ3v) is 3.48. The van der Waals surface area contributed by atoms with Crippen molar-refractivity contribution in [2.24, 2.45) is 0 Å². The van der Waals surface area contributed by atoms with Crippen molar-refractivity contribution in [2.75, 3.05) is 0 Å². The summed E-state index contributed by atoms with van der Waals surface area (Å²) in [6.07, 6.45) is 1.01. The lowest BCUT2D eigenvalue weighted by molar-refractivity contribution is 0.107. The number of phenols is 1. The molecule has 0 bridgehead atoms. The Kier molecular flexibility index (Phi) is 5.21. The number of rotatable bonds is 5. The molecular weight excluding hydrogens is 222 g/mol. The smallest absolute Gasteiger partial charge is 0.120 e. The maximum absolute atomic E-state index is 10.1. The molecule has 0 radical (unpaired) electrons. The lowest BCUT2D eigenvalue weighted by atomic mass is 9.97. The summed E-state index contributed by atoms with van der Waals surface area (Å²) in [7, 11) is 0. The summed E-state index contributed by atoms with van der Waals surface area (Å²) in [5.74, 6) is 0.416. The second-order valence-corrected chi connectivity index (χ2v) is 5.62. The van der Waals surface area contributed by atoms with Crippen molar-refractivity contribution in [2.45, 2.75) is 66.1 Å². The lowest BCUT2D eigenvalue weighted by Crippen LogP contribution is -2.40. The summed E-state index contributed by atoms with van der Waals surface area (Å²) in [4.78, 5) is 2.47. The van der Waals surface area contributed by atoms with Gasteiger partial charge in [0.15, 0.2) is 0 Å². The van der Waals surface area contributed by atoms with Crippen molar-refractivity contribution in [3.05, 3.63) is 29.3 Å². The Morgan fingerprint density at radius 3 is 2.11 bits per heavy atom. The molecule has 0 aliphatic carbocycles. The highest BCUT2D eigenvalue weighted by Crippen LogP contribution is 2.34. The molecule has 0 saturated carbocycles. The number of aryl methyl sites for hydroxylation is 1. The fraction of sp³-hybridized carbons (Fsp3) is 0.625. The van der Waals surface area contributed by atoms with Crippen LogP contribution >= 0.6 is 0 Å². The zero-order valence-corrected chi connectivity index (χ0v) is 12.6. The van der Waals surface area contributed by atoms with Gasteiger partial charge in [0.05, 0.1) is 0 Å². The normalized spacial score (nSPS) is 13.6. The van der Waals surface area contributed by atoms with Gasteiger partial charge in [0.1, 0.15) is 5.75 Å². The van der Waals surface area contributed by atoms with Gasteiger partial charge in [-0.2, -0.15) is 0 Å². The lowest BCUT2D eigenvalue weighted by Gasteiger charge is -2.38. The molecule has 0 heterocycles. The predicted molar refractivity (Wildman–Crippen MR) is 78.0 cm³/mol. The molecule has 0 aliphatic rings. The second kappa shape index (κ2) is 6.24. The number of hydrogen-bond donors (Lipinski definition) is 1. The summed E-state index contributed by atoms with van der Waals surface area (Å²) in [6.45, 7) is 13.1. The van der Waals surface area contributed by atoms with Crippen LogP contribution in [-0.4, -0.2) is 22.1 Å². The molecule has 1 unspecified atom stereocenters. The molecule has 0 fully saturated rings. The van der Waals surface area contributed by atoms with E-state index < -0.39 is 0 Å². The molecule has 1 N–H and O–H groups in total. The number of benzene rings is 1. The first-order valence-corrected chi connectivity index (χ1v) is 6.95. The van der Waals surface area contributed by atoms with Gasteiger partial charge in [-0.3, -0.25) is 4.90 Å². The van der Waals surface area contributed by atoms with Gasteiger partial charge in [0.2, 0.25) is 0 Å². The minimum atomic E-state index is 0.282. The van der Waals surface area contributed by atoms with Crippen LogP contribution in [0.3, 0.4) is 0 Å². The topological polar surface area (TPSA) is 23.5 Å². The van der Waals surface area contributed by atoms with Crippen LogP contribution in [0.15, 0.2) is 18.2 Å². The van der Waals surface area contributed by atoms with Gasteiger partial charge in [-0.1, -0.05) is 24.6 Å². The zero-order chi connectivity index (χ0) is 13.9. The highest BCUT2D eigenvalue weighted by molar-refractivity contribution is 5.38. The second-order valence-electron chi connectivity index (χ2n) is 5.62. The molecule has 0 saturated heterocycles. The van der Waals surface area contributed by atoms with Crippen molar-refractivity contribution >= 4 is 0 Å².